The van der Waals surface area contributed by atoms with Crippen molar-refractivity contribution in [2.75, 3.05) is 10.6 Å². The van der Waals surface area contributed by atoms with Crippen molar-refractivity contribution in [2.45, 2.75) is 32.4 Å². The molecule has 2 heterocycles. The minimum absolute atomic E-state index is 0.000909. The van der Waals surface area contributed by atoms with Crippen molar-refractivity contribution in [2.24, 2.45) is 5.41 Å². The van der Waals surface area contributed by atoms with E-state index in [-0.39, 0.29) is 36.7 Å². The summed E-state index contributed by atoms with van der Waals surface area (Å²) in [5, 5.41) is 6.44. The van der Waals surface area contributed by atoms with Gasteiger partial charge in [-0.2, -0.15) is 13.2 Å². The molecule has 0 aliphatic heterocycles. The molecule has 1 saturated carbocycles. The van der Waals surface area contributed by atoms with Crippen LogP contribution < -0.4 is 20.7 Å². The van der Waals surface area contributed by atoms with E-state index < -0.39 is 23.5 Å². The largest absolute Gasteiger partial charge is 0.456 e. The molecule has 0 aromatic carbocycles. The van der Waals surface area contributed by atoms with E-state index in [1.807, 2.05) is 0 Å². The van der Waals surface area contributed by atoms with E-state index in [1.54, 1.807) is 11.4 Å². The third kappa shape index (κ3) is 5.08. The molecule has 0 atom stereocenters. The predicted molar refractivity (Wildman–Crippen MR) is 102 cm³/mol. The third-order valence-corrected chi connectivity index (χ3v) is 4.66. The molecule has 1 aliphatic rings. The number of nitrogens with zero attached hydrogens (tertiary/aromatic N) is 2. The van der Waals surface area contributed by atoms with Gasteiger partial charge in [0.15, 0.2) is 0 Å². The van der Waals surface area contributed by atoms with E-state index in [9.17, 15) is 27.6 Å². The fourth-order valence-corrected chi connectivity index (χ4v) is 2.91. The first kappa shape index (κ1) is 22.0. The number of imide groups is 1. The van der Waals surface area contributed by atoms with Crippen LogP contribution in [0.25, 0.3) is 0 Å². The number of hydrogen-bond acceptors (Lipinski definition) is 6. The SMILES string of the molecule is CC(=O)Nc1cc(Oc2ccc(NC(=O)NC(=O)C3(C(F)(F)F)CCC3)nc2)ccn1. The molecule has 9 nitrogen and oxygen atoms in total. The summed E-state index contributed by atoms with van der Waals surface area (Å²) in [4.78, 5) is 42.9. The van der Waals surface area contributed by atoms with Crippen LogP contribution in [0.2, 0.25) is 0 Å². The maximum Gasteiger partial charge on any atom is 0.403 e. The number of anilines is 2. The Balaban J connectivity index is 1.57. The Morgan fingerprint density at radius 3 is 2.32 bits per heavy atom. The van der Waals surface area contributed by atoms with Crippen LogP contribution in [0.3, 0.4) is 0 Å². The molecule has 2 aromatic heterocycles. The number of pyridine rings is 2. The Labute approximate surface area is 174 Å². The van der Waals surface area contributed by atoms with Crippen molar-refractivity contribution >= 4 is 29.5 Å². The zero-order chi connectivity index (χ0) is 22.6. The topological polar surface area (TPSA) is 122 Å². The number of ether oxygens (including phenoxy) is 1. The van der Waals surface area contributed by atoms with Crippen molar-refractivity contribution in [1.29, 1.82) is 0 Å². The van der Waals surface area contributed by atoms with Crippen molar-refractivity contribution in [3.05, 3.63) is 36.7 Å². The molecule has 4 amide bonds. The Morgan fingerprint density at radius 2 is 1.77 bits per heavy atom. The zero-order valence-electron chi connectivity index (χ0n) is 16.2. The standard InChI is InChI=1S/C19H18F3N5O4/c1-11(28)25-15-9-12(5-8-23-15)31-13-3-4-14(24-10-13)26-17(30)27-16(29)18(6-2-7-18)19(20,21)22/h3-5,8-10H,2,6-7H2,1H3,(H,23,25,28)(H2,24,26,27,29,30). The summed E-state index contributed by atoms with van der Waals surface area (Å²) >= 11 is 0. The zero-order valence-corrected chi connectivity index (χ0v) is 16.2. The number of nitrogens with one attached hydrogen (secondary N) is 3. The lowest BCUT2D eigenvalue weighted by atomic mass is 9.67. The van der Waals surface area contributed by atoms with Gasteiger partial charge in [-0.3, -0.25) is 20.2 Å². The Morgan fingerprint density at radius 1 is 1.03 bits per heavy atom. The van der Waals surface area contributed by atoms with Gasteiger partial charge in [-0.1, -0.05) is 6.42 Å². The summed E-state index contributed by atoms with van der Waals surface area (Å²) in [6.45, 7) is 1.34. The second-order valence-corrected chi connectivity index (χ2v) is 6.88. The van der Waals surface area contributed by atoms with Crippen LogP contribution in [0.4, 0.5) is 29.6 Å². The van der Waals surface area contributed by atoms with Gasteiger partial charge in [-0.05, 0) is 31.0 Å². The predicted octanol–water partition coefficient (Wildman–Crippen LogP) is 3.61. The molecule has 1 aliphatic carbocycles. The molecule has 0 unspecified atom stereocenters. The molecule has 3 rings (SSSR count). The van der Waals surface area contributed by atoms with Crippen LogP contribution in [0.5, 0.6) is 11.5 Å². The van der Waals surface area contributed by atoms with Crippen molar-refractivity contribution < 1.29 is 32.3 Å². The molecule has 0 radical (unpaired) electrons. The van der Waals surface area contributed by atoms with Crippen molar-refractivity contribution in [3.63, 3.8) is 0 Å². The summed E-state index contributed by atoms with van der Waals surface area (Å²) in [6.07, 6.45) is -2.46. The van der Waals surface area contributed by atoms with E-state index in [1.165, 1.54) is 37.5 Å². The van der Waals surface area contributed by atoms with Gasteiger partial charge in [-0.25, -0.2) is 14.8 Å². The van der Waals surface area contributed by atoms with Crippen LogP contribution in [0.15, 0.2) is 36.7 Å². The number of carbonyl (C=O) groups excluding carboxylic acids is 3. The number of urea groups is 1. The highest BCUT2D eigenvalue weighted by Gasteiger charge is 2.63. The number of carbonyl (C=O) groups is 3. The first-order chi connectivity index (χ1) is 14.6. The molecular weight excluding hydrogens is 419 g/mol. The highest BCUT2D eigenvalue weighted by atomic mass is 19.4. The Kier molecular flexibility index (Phi) is 6.09. The van der Waals surface area contributed by atoms with E-state index in [4.69, 9.17) is 4.74 Å². The Hall–Kier alpha value is -3.70. The lowest BCUT2D eigenvalue weighted by Gasteiger charge is -2.40. The quantitative estimate of drug-likeness (QED) is 0.657. The number of hydrogen-bond donors (Lipinski definition) is 3. The molecule has 3 N–H and O–H groups in total. The molecule has 2 aromatic rings. The molecule has 31 heavy (non-hydrogen) atoms. The molecule has 0 saturated heterocycles. The highest BCUT2D eigenvalue weighted by molar-refractivity contribution is 6.03. The summed E-state index contributed by atoms with van der Waals surface area (Å²) in [5.74, 6) is -0.731. The minimum atomic E-state index is -4.72. The van der Waals surface area contributed by atoms with Gasteiger partial charge in [0.25, 0.3) is 0 Å². The van der Waals surface area contributed by atoms with Crippen LogP contribution in [0, 0.1) is 5.41 Å². The van der Waals surface area contributed by atoms with E-state index in [0.717, 1.165) is 0 Å². The number of aromatic nitrogens is 2. The number of alkyl halides is 3. The first-order valence-electron chi connectivity index (χ1n) is 9.16. The van der Waals surface area contributed by atoms with Gasteiger partial charge in [0, 0.05) is 19.2 Å². The second-order valence-electron chi connectivity index (χ2n) is 6.88. The molecule has 0 spiro atoms. The average Bonchev–Trinajstić information content (AvgIpc) is 2.60. The van der Waals surface area contributed by atoms with Crippen LogP contribution in [-0.4, -0.2) is 34.0 Å². The summed E-state index contributed by atoms with van der Waals surface area (Å²) in [5.41, 5.74) is -2.52. The molecule has 1 fully saturated rings. The van der Waals surface area contributed by atoms with Gasteiger partial charge in [0.05, 0.1) is 6.20 Å². The molecule has 164 valence electrons. The first-order valence-corrected chi connectivity index (χ1v) is 9.16. The van der Waals surface area contributed by atoms with Gasteiger partial charge >= 0.3 is 12.2 Å². The average molecular weight is 437 g/mol. The normalized spacial score (nSPS) is 14.7. The van der Waals surface area contributed by atoms with Crippen LogP contribution in [-0.2, 0) is 9.59 Å². The van der Waals surface area contributed by atoms with Crippen molar-refractivity contribution in [1.82, 2.24) is 15.3 Å². The monoisotopic (exact) mass is 437 g/mol. The lowest BCUT2D eigenvalue weighted by molar-refractivity contribution is -0.242. The fourth-order valence-electron chi connectivity index (χ4n) is 2.91. The second kappa shape index (κ2) is 8.58. The maximum absolute atomic E-state index is 13.2. The maximum atomic E-state index is 13.2. The van der Waals surface area contributed by atoms with Gasteiger partial charge < -0.3 is 10.1 Å². The smallest absolute Gasteiger partial charge is 0.403 e. The minimum Gasteiger partial charge on any atom is -0.456 e. The number of rotatable bonds is 5. The fraction of sp³-hybridized carbons (Fsp3) is 0.316. The summed E-state index contributed by atoms with van der Waals surface area (Å²) in [6, 6.07) is 4.72. The van der Waals surface area contributed by atoms with Crippen LogP contribution >= 0.6 is 0 Å². The van der Waals surface area contributed by atoms with Gasteiger partial charge in [0.2, 0.25) is 11.8 Å². The van der Waals surface area contributed by atoms with E-state index >= 15 is 0 Å². The highest BCUT2D eigenvalue weighted by Crippen LogP contribution is 2.53. The van der Waals surface area contributed by atoms with Crippen LogP contribution in [0.1, 0.15) is 26.2 Å². The third-order valence-electron chi connectivity index (χ3n) is 4.66. The van der Waals surface area contributed by atoms with Gasteiger partial charge in [0.1, 0.15) is 28.5 Å². The molecular formula is C19H18F3N5O4. The number of amides is 4. The summed E-state index contributed by atoms with van der Waals surface area (Å²) < 4.78 is 45.0. The van der Waals surface area contributed by atoms with E-state index in [2.05, 4.69) is 20.6 Å². The van der Waals surface area contributed by atoms with E-state index in [0.29, 0.717) is 11.6 Å². The molecule has 0 bridgehead atoms. The number of halogens is 3. The Bertz CT molecular complexity index is 991. The molecule has 12 heteroatoms. The summed E-state index contributed by atoms with van der Waals surface area (Å²) in [7, 11) is 0. The van der Waals surface area contributed by atoms with Gasteiger partial charge in [-0.15, -0.1) is 0 Å². The lowest BCUT2D eigenvalue weighted by Crippen LogP contribution is -2.56. The van der Waals surface area contributed by atoms with Crippen molar-refractivity contribution in [3.8, 4) is 11.5 Å².